The molecular weight excluding hydrogens is 600 g/mol. The van der Waals surface area contributed by atoms with Crippen molar-refractivity contribution in [3.8, 4) is 17.4 Å². The monoisotopic (exact) mass is 622 g/mol. The van der Waals surface area contributed by atoms with Crippen molar-refractivity contribution >= 4 is 31.8 Å². The van der Waals surface area contributed by atoms with Crippen LogP contribution in [0.15, 0.2) is 109 Å². The Hall–Kier alpha value is -5.10. The number of aromatic nitrogens is 2. The van der Waals surface area contributed by atoms with Crippen LogP contribution >= 0.6 is 0 Å². The molecule has 0 saturated heterocycles. The van der Waals surface area contributed by atoms with Crippen LogP contribution in [0, 0.1) is 5.82 Å². The fourth-order valence-electron chi connectivity index (χ4n) is 4.95. The average Bonchev–Trinajstić information content (AvgIpc) is 3.33. The lowest BCUT2D eigenvalue weighted by Gasteiger charge is -2.22. The summed E-state index contributed by atoms with van der Waals surface area (Å²) in [4.78, 5) is 4.33. The van der Waals surface area contributed by atoms with Gasteiger partial charge in [0.15, 0.2) is 11.5 Å². The molecular formula is C32H22F4N2O5S. The molecule has 4 aromatic carbocycles. The first-order valence-electron chi connectivity index (χ1n) is 13.2. The Morgan fingerprint density at radius 1 is 0.818 bits per heavy atom. The maximum Gasteiger partial charge on any atom is 0.534 e. The quantitative estimate of drug-likeness (QED) is 0.108. The van der Waals surface area contributed by atoms with Gasteiger partial charge in [0.1, 0.15) is 17.4 Å². The van der Waals surface area contributed by atoms with E-state index in [0.29, 0.717) is 5.56 Å². The molecule has 0 radical (unpaired) electrons. The third-order valence-electron chi connectivity index (χ3n) is 6.97. The van der Waals surface area contributed by atoms with Crippen molar-refractivity contribution in [2.24, 2.45) is 0 Å². The smallest absolute Gasteiger partial charge is 0.494 e. The minimum atomic E-state index is -6.12. The highest BCUT2D eigenvalue weighted by atomic mass is 32.2. The van der Waals surface area contributed by atoms with E-state index in [1.807, 2.05) is 60.7 Å². The van der Waals surface area contributed by atoms with Gasteiger partial charge in [0.2, 0.25) is 5.88 Å². The molecule has 0 atom stereocenters. The van der Waals surface area contributed by atoms with E-state index in [-0.39, 0.29) is 34.0 Å². The number of ether oxygens (including phenoxy) is 1. The van der Waals surface area contributed by atoms with Gasteiger partial charge in [-0.3, -0.25) is 4.98 Å². The van der Waals surface area contributed by atoms with E-state index < -0.39 is 39.2 Å². The van der Waals surface area contributed by atoms with Crippen LogP contribution in [0.2, 0.25) is 0 Å². The van der Waals surface area contributed by atoms with Gasteiger partial charge in [-0.25, -0.2) is 4.39 Å². The molecule has 7 nitrogen and oxygen atoms in total. The van der Waals surface area contributed by atoms with E-state index in [4.69, 9.17) is 8.92 Å². The fraction of sp³-hybridized carbons (Fsp3) is 0.0938. The summed E-state index contributed by atoms with van der Waals surface area (Å²) < 4.78 is 91.2. The molecule has 0 bridgehead atoms. The van der Waals surface area contributed by atoms with Gasteiger partial charge >= 0.3 is 15.6 Å². The largest absolute Gasteiger partial charge is 0.534 e. The van der Waals surface area contributed by atoms with Gasteiger partial charge in [0.05, 0.1) is 17.3 Å². The van der Waals surface area contributed by atoms with Gasteiger partial charge in [-0.15, -0.1) is 0 Å². The normalized spacial score (nSPS) is 12.2. The zero-order chi connectivity index (χ0) is 31.1. The van der Waals surface area contributed by atoms with Gasteiger partial charge < -0.3 is 18.6 Å². The molecule has 6 rings (SSSR count). The molecule has 2 heterocycles. The molecule has 6 aromatic rings. The molecule has 1 N–H and O–H groups in total. The Morgan fingerprint density at radius 2 is 1.43 bits per heavy atom. The molecule has 0 aliphatic carbocycles. The lowest BCUT2D eigenvalue weighted by Crippen LogP contribution is -2.28. The number of hydrogen-bond donors (Lipinski definition) is 1. The fourth-order valence-corrected chi connectivity index (χ4v) is 5.44. The van der Waals surface area contributed by atoms with E-state index in [1.165, 1.54) is 53.4 Å². The van der Waals surface area contributed by atoms with Gasteiger partial charge in [-0.2, -0.15) is 21.6 Å². The first kappa shape index (κ1) is 29.0. The predicted octanol–water partition coefficient (Wildman–Crippen LogP) is 7.48. The second-order valence-electron chi connectivity index (χ2n) is 9.86. The van der Waals surface area contributed by atoms with Crippen LogP contribution in [0.1, 0.15) is 22.8 Å². The summed E-state index contributed by atoms with van der Waals surface area (Å²) in [7, 11) is -6.12. The standard InChI is InChI=1S/C32H22F4N2O5S/c33-23-15-13-20(14-16-23)18-38-19-25-26(31(38)39)30(42-28(21-8-3-1-4-9-21)22-10-5-2-6-11-22)27-24(12-7-17-37-27)29(25)43-44(40,41)32(34,35)36/h1-17,19,28,39H,18H2. The van der Waals surface area contributed by atoms with E-state index >= 15 is 0 Å². The molecule has 0 aliphatic rings. The number of alkyl halides is 3. The second kappa shape index (κ2) is 11.2. The van der Waals surface area contributed by atoms with Crippen molar-refractivity contribution in [1.82, 2.24) is 9.55 Å². The highest BCUT2D eigenvalue weighted by Crippen LogP contribution is 2.49. The Labute approximate surface area is 248 Å². The number of hydrogen-bond acceptors (Lipinski definition) is 6. The van der Waals surface area contributed by atoms with E-state index in [0.717, 1.165) is 11.1 Å². The topological polar surface area (TPSA) is 90.7 Å². The molecule has 224 valence electrons. The lowest BCUT2D eigenvalue weighted by atomic mass is 10.0. The number of fused-ring (bicyclic) bond motifs is 2. The van der Waals surface area contributed by atoms with Crippen molar-refractivity contribution in [3.63, 3.8) is 0 Å². The summed E-state index contributed by atoms with van der Waals surface area (Å²) in [5.74, 6) is -1.64. The first-order valence-corrected chi connectivity index (χ1v) is 14.6. The minimum absolute atomic E-state index is 0.0135. The molecule has 0 spiro atoms. The van der Waals surface area contributed by atoms with Crippen molar-refractivity contribution in [2.45, 2.75) is 18.2 Å². The summed E-state index contributed by atoms with van der Waals surface area (Å²) in [6.07, 6.45) is 1.85. The van der Waals surface area contributed by atoms with E-state index in [2.05, 4.69) is 4.98 Å². The summed E-state index contributed by atoms with van der Waals surface area (Å²) in [5.41, 5.74) is -3.78. The Balaban J connectivity index is 1.63. The maximum atomic E-state index is 13.5. The molecule has 0 aliphatic heterocycles. The van der Waals surface area contributed by atoms with Crippen molar-refractivity contribution < 1.29 is 40.0 Å². The highest BCUT2D eigenvalue weighted by Gasteiger charge is 2.49. The zero-order valence-corrected chi connectivity index (χ0v) is 23.4. The van der Waals surface area contributed by atoms with Crippen LogP contribution in [0.3, 0.4) is 0 Å². The number of pyridine rings is 1. The maximum absolute atomic E-state index is 13.5. The highest BCUT2D eigenvalue weighted by molar-refractivity contribution is 7.88. The van der Waals surface area contributed by atoms with Crippen LogP contribution < -0.4 is 8.92 Å². The molecule has 0 saturated carbocycles. The summed E-state index contributed by atoms with van der Waals surface area (Å²) in [6, 6.07) is 26.4. The zero-order valence-electron chi connectivity index (χ0n) is 22.6. The van der Waals surface area contributed by atoms with Crippen molar-refractivity contribution in [3.05, 3.63) is 132 Å². The molecule has 0 amide bonds. The van der Waals surface area contributed by atoms with Gasteiger partial charge in [0, 0.05) is 17.8 Å². The first-order chi connectivity index (χ1) is 21.0. The third kappa shape index (κ3) is 5.39. The van der Waals surface area contributed by atoms with Gasteiger partial charge in [-0.1, -0.05) is 72.8 Å². The van der Waals surface area contributed by atoms with Crippen LogP contribution in [-0.2, 0) is 16.7 Å². The SMILES string of the molecule is O=S(=O)(Oc1c2cccnc2c(OC(c2ccccc2)c2ccccc2)c2c(O)n(Cc3ccc(F)cc3)cc12)C(F)(F)F. The number of rotatable bonds is 8. The summed E-state index contributed by atoms with van der Waals surface area (Å²) in [5, 5.41) is 11.1. The molecule has 0 fully saturated rings. The summed E-state index contributed by atoms with van der Waals surface area (Å²) in [6.45, 7) is -0.0454. The molecule has 0 unspecified atom stereocenters. The van der Waals surface area contributed by atoms with E-state index in [1.54, 1.807) is 0 Å². The molecule has 2 aromatic heterocycles. The number of halogens is 4. The lowest BCUT2D eigenvalue weighted by molar-refractivity contribution is -0.0499. The minimum Gasteiger partial charge on any atom is -0.494 e. The van der Waals surface area contributed by atoms with Crippen molar-refractivity contribution in [1.29, 1.82) is 0 Å². The molecule has 12 heteroatoms. The Kier molecular flexibility index (Phi) is 7.38. The third-order valence-corrected chi connectivity index (χ3v) is 7.93. The van der Waals surface area contributed by atoms with E-state index in [9.17, 15) is 31.1 Å². The molecule has 44 heavy (non-hydrogen) atoms. The Morgan fingerprint density at radius 3 is 2.02 bits per heavy atom. The van der Waals surface area contributed by atoms with Crippen LogP contribution in [0.4, 0.5) is 17.6 Å². The second-order valence-corrected chi connectivity index (χ2v) is 11.4. The Bertz CT molecular complexity index is 2030. The number of nitrogens with zero attached hydrogens (tertiary/aromatic N) is 2. The predicted molar refractivity (Wildman–Crippen MR) is 155 cm³/mol. The number of benzene rings is 4. The van der Waals surface area contributed by atoms with Crippen LogP contribution in [0.25, 0.3) is 21.7 Å². The number of aromatic hydroxyl groups is 1. The summed E-state index contributed by atoms with van der Waals surface area (Å²) >= 11 is 0. The average molecular weight is 623 g/mol. The van der Waals surface area contributed by atoms with Crippen LogP contribution in [-0.4, -0.2) is 28.6 Å². The van der Waals surface area contributed by atoms with Crippen molar-refractivity contribution in [2.75, 3.05) is 0 Å². The van der Waals surface area contributed by atoms with Crippen LogP contribution in [0.5, 0.6) is 17.4 Å². The van der Waals surface area contributed by atoms with Gasteiger partial charge in [-0.05, 0) is 41.0 Å². The van der Waals surface area contributed by atoms with Gasteiger partial charge in [0.25, 0.3) is 0 Å².